The highest BCUT2D eigenvalue weighted by molar-refractivity contribution is 5.27. The number of rotatable bonds is 2. The number of hydrogen-bond donors (Lipinski definition) is 0. The molecule has 1 nitrogen and oxygen atoms in total. The highest BCUT2D eigenvalue weighted by Gasteiger charge is 1.94. The van der Waals surface area contributed by atoms with Crippen LogP contribution in [-0.2, 0) is 11.2 Å². The zero-order chi connectivity index (χ0) is 11.8. The normalized spacial score (nSPS) is 9.06. The summed E-state index contributed by atoms with van der Waals surface area (Å²) in [6.45, 7) is 4.12. The smallest absolute Gasteiger partial charge is 0.106 e. The van der Waals surface area contributed by atoms with Gasteiger partial charge in [0, 0.05) is 0 Å². The molecule has 0 saturated heterocycles. The third-order valence-corrected chi connectivity index (χ3v) is 2.37. The van der Waals surface area contributed by atoms with Crippen LogP contribution in [0.4, 0.5) is 0 Å². The average molecular weight is 212 g/mol. The van der Waals surface area contributed by atoms with Crippen molar-refractivity contribution in [2.45, 2.75) is 13.3 Å². The van der Waals surface area contributed by atoms with E-state index in [0.717, 1.165) is 6.42 Å². The molecule has 0 atom stereocenters. The molecule has 0 radical (unpaired) electrons. The van der Waals surface area contributed by atoms with Crippen molar-refractivity contribution in [3.63, 3.8) is 0 Å². The van der Waals surface area contributed by atoms with Gasteiger partial charge in [-0.25, -0.2) is 0 Å². The van der Waals surface area contributed by atoms with Crippen molar-refractivity contribution in [1.29, 1.82) is 0 Å². The fourth-order valence-corrected chi connectivity index (χ4v) is 1.54. The van der Waals surface area contributed by atoms with Crippen molar-refractivity contribution < 1.29 is 4.79 Å². The van der Waals surface area contributed by atoms with Crippen LogP contribution in [0.5, 0.6) is 0 Å². The molecular formula is C15H16O. The van der Waals surface area contributed by atoms with E-state index in [4.69, 9.17) is 4.79 Å². The molecule has 82 valence electrons. The first-order valence-corrected chi connectivity index (χ1v) is 5.23. The second kappa shape index (κ2) is 6.57. The van der Waals surface area contributed by atoms with Gasteiger partial charge in [0.2, 0.25) is 0 Å². The minimum atomic E-state index is 1.03. The topological polar surface area (TPSA) is 17.1 Å². The summed E-state index contributed by atoms with van der Waals surface area (Å²) >= 11 is 0. The standard InChI is InChI=1S/C14H14.CH2O/c1-12-7-9-14(10-8-12)11-13-5-3-2-4-6-13;1-2/h2-10H,11H2,1H3;1H2. The Morgan fingerprint density at radius 2 is 1.31 bits per heavy atom. The van der Waals surface area contributed by atoms with Gasteiger partial charge in [-0.3, -0.25) is 0 Å². The van der Waals surface area contributed by atoms with Crippen LogP contribution in [0, 0.1) is 6.92 Å². The first-order chi connectivity index (χ1) is 7.84. The number of carbonyl (C=O) groups is 1. The molecule has 0 N–H and O–H groups in total. The Kier molecular flexibility index (Phi) is 5.00. The fourth-order valence-electron chi connectivity index (χ4n) is 1.54. The molecule has 2 rings (SSSR count). The lowest BCUT2D eigenvalue weighted by atomic mass is 10.0. The maximum absolute atomic E-state index is 8.00. The lowest BCUT2D eigenvalue weighted by Crippen LogP contribution is -1.86. The molecule has 0 saturated carbocycles. The minimum Gasteiger partial charge on any atom is -0.307 e. The van der Waals surface area contributed by atoms with Gasteiger partial charge >= 0.3 is 0 Å². The number of aryl methyl sites for hydroxylation is 1. The van der Waals surface area contributed by atoms with Crippen LogP contribution in [0.25, 0.3) is 0 Å². The van der Waals surface area contributed by atoms with Gasteiger partial charge in [-0.15, -0.1) is 0 Å². The minimum absolute atomic E-state index is 1.03. The van der Waals surface area contributed by atoms with Gasteiger partial charge < -0.3 is 4.79 Å². The van der Waals surface area contributed by atoms with Crippen LogP contribution in [-0.4, -0.2) is 6.79 Å². The molecule has 0 amide bonds. The monoisotopic (exact) mass is 212 g/mol. The zero-order valence-corrected chi connectivity index (χ0v) is 9.52. The van der Waals surface area contributed by atoms with E-state index < -0.39 is 0 Å². The Morgan fingerprint density at radius 1 is 0.812 bits per heavy atom. The highest BCUT2D eigenvalue weighted by Crippen LogP contribution is 2.09. The predicted molar refractivity (Wildman–Crippen MR) is 67.5 cm³/mol. The molecule has 0 fully saturated rings. The van der Waals surface area contributed by atoms with Crippen molar-refractivity contribution in [2.75, 3.05) is 0 Å². The first-order valence-electron chi connectivity index (χ1n) is 5.23. The second-order valence-corrected chi connectivity index (χ2v) is 3.65. The quantitative estimate of drug-likeness (QED) is 0.745. The molecular weight excluding hydrogens is 196 g/mol. The van der Waals surface area contributed by atoms with E-state index in [1.54, 1.807) is 0 Å². The molecule has 1 heteroatoms. The van der Waals surface area contributed by atoms with Crippen LogP contribution >= 0.6 is 0 Å². The van der Waals surface area contributed by atoms with E-state index in [9.17, 15) is 0 Å². The third kappa shape index (κ3) is 3.70. The van der Waals surface area contributed by atoms with Gasteiger partial charge in [0.05, 0.1) is 0 Å². The fraction of sp³-hybridized carbons (Fsp3) is 0.133. The molecule has 2 aromatic carbocycles. The largest absolute Gasteiger partial charge is 0.307 e. The Balaban J connectivity index is 0.000000606. The van der Waals surface area contributed by atoms with Crippen LogP contribution in [0.3, 0.4) is 0 Å². The summed E-state index contributed by atoms with van der Waals surface area (Å²) in [7, 11) is 0. The third-order valence-electron chi connectivity index (χ3n) is 2.37. The van der Waals surface area contributed by atoms with E-state index in [1.807, 2.05) is 6.79 Å². The summed E-state index contributed by atoms with van der Waals surface area (Å²) in [5.74, 6) is 0. The second-order valence-electron chi connectivity index (χ2n) is 3.65. The summed E-state index contributed by atoms with van der Waals surface area (Å²) in [5, 5.41) is 0. The van der Waals surface area contributed by atoms with Crippen LogP contribution < -0.4 is 0 Å². The Hall–Kier alpha value is -1.89. The predicted octanol–water partition coefficient (Wildman–Crippen LogP) is 3.40. The lowest BCUT2D eigenvalue weighted by molar-refractivity contribution is -0.0979. The zero-order valence-electron chi connectivity index (χ0n) is 9.52. The summed E-state index contributed by atoms with van der Waals surface area (Å²) in [5.41, 5.74) is 4.07. The maximum Gasteiger partial charge on any atom is 0.106 e. The van der Waals surface area contributed by atoms with Gasteiger partial charge in [0.1, 0.15) is 6.79 Å². The van der Waals surface area contributed by atoms with Crippen molar-refractivity contribution in [2.24, 2.45) is 0 Å². The van der Waals surface area contributed by atoms with Gasteiger partial charge in [-0.05, 0) is 24.5 Å². The Morgan fingerprint density at radius 3 is 1.88 bits per heavy atom. The van der Waals surface area contributed by atoms with Crippen molar-refractivity contribution in [1.82, 2.24) is 0 Å². The number of benzene rings is 2. The molecule has 0 spiro atoms. The Bertz CT molecular complexity index is 403. The van der Waals surface area contributed by atoms with Gasteiger partial charge in [-0.1, -0.05) is 60.2 Å². The molecule has 0 aliphatic carbocycles. The molecule has 0 aromatic heterocycles. The van der Waals surface area contributed by atoms with Crippen molar-refractivity contribution in [3.8, 4) is 0 Å². The van der Waals surface area contributed by atoms with E-state index in [-0.39, 0.29) is 0 Å². The van der Waals surface area contributed by atoms with Crippen LogP contribution in [0.1, 0.15) is 16.7 Å². The summed E-state index contributed by atoms with van der Waals surface area (Å²) < 4.78 is 0. The molecule has 0 heterocycles. The highest BCUT2D eigenvalue weighted by atomic mass is 16.1. The van der Waals surface area contributed by atoms with Gasteiger partial charge in [0.15, 0.2) is 0 Å². The number of hydrogen-bond acceptors (Lipinski definition) is 1. The van der Waals surface area contributed by atoms with E-state index in [2.05, 4.69) is 61.5 Å². The van der Waals surface area contributed by atoms with E-state index >= 15 is 0 Å². The maximum atomic E-state index is 8.00. The van der Waals surface area contributed by atoms with Crippen LogP contribution in [0.15, 0.2) is 54.6 Å². The lowest BCUT2D eigenvalue weighted by Gasteiger charge is -2.01. The molecule has 16 heavy (non-hydrogen) atoms. The molecule has 2 aromatic rings. The molecule has 0 bridgehead atoms. The molecule has 0 aliphatic heterocycles. The first kappa shape index (κ1) is 12.2. The van der Waals surface area contributed by atoms with Crippen molar-refractivity contribution in [3.05, 3.63) is 71.3 Å². The average Bonchev–Trinajstić information content (AvgIpc) is 2.36. The number of carbonyl (C=O) groups excluding carboxylic acids is 1. The van der Waals surface area contributed by atoms with E-state index in [0.29, 0.717) is 0 Å². The molecule has 0 unspecified atom stereocenters. The van der Waals surface area contributed by atoms with Crippen molar-refractivity contribution >= 4 is 6.79 Å². The van der Waals surface area contributed by atoms with E-state index in [1.165, 1.54) is 16.7 Å². The van der Waals surface area contributed by atoms with Gasteiger partial charge in [-0.2, -0.15) is 0 Å². The summed E-state index contributed by atoms with van der Waals surface area (Å²) in [4.78, 5) is 8.00. The Labute approximate surface area is 96.8 Å². The summed E-state index contributed by atoms with van der Waals surface area (Å²) in [6, 6.07) is 19.3. The van der Waals surface area contributed by atoms with Crippen LogP contribution in [0.2, 0.25) is 0 Å². The SMILES string of the molecule is C=O.Cc1ccc(Cc2ccccc2)cc1. The molecule has 0 aliphatic rings. The van der Waals surface area contributed by atoms with Gasteiger partial charge in [0.25, 0.3) is 0 Å². The summed E-state index contributed by atoms with van der Waals surface area (Å²) in [6.07, 6.45) is 1.03.